The van der Waals surface area contributed by atoms with Crippen LogP contribution in [-0.2, 0) is 21.2 Å². The van der Waals surface area contributed by atoms with E-state index in [1.54, 1.807) is 71.6 Å². The summed E-state index contributed by atoms with van der Waals surface area (Å²) in [4.78, 5) is 28.5. The first kappa shape index (κ1) is 22.5. The number of fused-ring (bicyclic) bond motifs is 1. The van der Waals surface area contributed by atoms with Gasteiger partial charge in [0.1, 0.15) is 0 Å². The first-order chi connectivity index (χ1) is 16.5. The normalized spacial score (nSPS) is 16.3. The Morgan fingerprint density at radius 2 is 1.47 bits per heavy atom. The highest BCUT2D eigenvalue weighted by Gasteiger charge is 2.31. The number of ether oxygens (including phenoxy) is 1. The van der Waals surface area contributed by atoms with Crippen LogP contribution in [0.2, 0.25) is 0 Å². The first-order valence-electron chi connectivity index (χ1n) is 11.2. The number of sulfonamides is 1. The molecule has 8 heteroatoms. The maximum atomic E-state index is 13.5. The highest BCUT2D eigenvalue weighted by atomic mass is 32.2. The number of hydrogen-bond donors (Lipinski definition) is 0. The summed E-state index contributed by atoms with van der Waals surface area (Å²) in [6.07, 6.45) is 0.544. The van der Waals surface area contributed by atoms with Crippen molar-refractivity contribution in [3.05, 3.63) is 95.1 Å². The Labute approximate surface area is 198 Å². The molecule has 2 heterocycles. The highest BCUT2D eigenvalue weighted by Crippen LogP contribution is 2.33. The lowest BCUT2D eigenvalue weighted by Crippen LogP contribution is -2.40. The number of rotatable bonds is 5. The molecular formula is C26H24N2O5S. The molecule has 5 rings (SSSR count). The summed E-state index contributed by atoms with van der Waals surface area (Å²) in [5.41, 5.74) is 2.66. The molecule has 0 unspecified atom stereocenters. The van der Waals surface area contributed by atoms with Crippen LogP contribution >= 0.6 is 0 Å². The molecule has 174 valence electrons. The zero-order valence-electron chi connectivity index (χ0n) is 18.5. The van der Waals surface area contributed by atoms with E-state index < -0.39 is 10.0 Å². The molecule has 0 aliphatic carbocycles. The molecule has 7 nitrogen and oxygen atoms in total. The molecule has 1 amide bonds. The Morgan fingerprint density at radius 1 is 0.794 bits per heavy atom. The molecule has 0 aromatic heterocycles. The fourth-order valence-corrected chi connectivity index (χ4v) is 5.90. The second kappa shape index (κ2) is 9.13. The number of nitrogens with zero attached hydrogens (tertiary/aromatic N) is 2. The van der Waals surface area contributed by atoms with Gasteiger partial charge < -0.3 is 9.64 Å². The van der Waals surface area contributed by atoms with Crippen LogP contribution in [0.1, 0.15) is 31.8 Å². The molecule has 1 fully saturated rings. The van der Waals surface area contributed by atoms with Gasteiger partial charge in [0.25, 0.3) is 5.91 Å². The number of amides is 1. The molecular weight excluding hydrogens is 452 g/mol. The molecule has 0 atom stereocenters. The van der Waals surface area contributed by atoms with E-state index in [0.717, 1.165) is 5.56 Å². The van der Waals surface area contributed by atoms with Crippen molar-refractivity contribution in [2.75, 3.05) is 37.7 Å². The zero-order chi connectivity index (χ0) is 23.7. The predicted molar refractivity (Wildman–Crippen MR) is 128 cm³/mol. The van der Waals surface area contributed by atoms with Gasteiger partial charge in [-0.25, -0.2) is 8.42 Å². The van der Waals surface area contributed by atoms with E-state index >= 15 is 0 Å². The number of ketones is 1. The predicted octanol–water partition coefficient (Wildman–Crippen LogP) is 3.14. The number of benzene rings is 3. The monoisotopic (exact) mass is 476 g/mol. The van der Waals surface area contributed by atoms with E-state index in [0.29, 0.717) is 61.6 Å². The van der Waals surface area contributed by atoms with Crippen molar-refractivity contribution in [2.45, 2.75) is 11.3 Å². The third-order valence-electron chi connectivity index (χ3n) is 6.24. The van der Waals surface area contributed by atoms with Crippen molar-refractivity contribution in [1.82, 2.24) is 4.31 Å². The third-order valence-corrected chi connectivity index (χ3v) is 8.13. The van der Waals surface area contributed by atoms with Gasteiger partial charge in [-0.1, -0.05) is 48.5 Å². The lowest BCUT2D eigenvalue weighted by Gasteiger charge is -2.26. The number of anilines is 1. The van der Waals surface area contributed by atoms with Crippen LogP contribution in [0.5, 0.6) is 0 Å². The second-order valence-electron chi connectivity index (χ2n) is 8.25. The summed E-state index contributed by atoms with van der Waals surface area (Å²) in [6, 6.07) is 20.6. The fraction of sp³-hybridized carbons (Fsp3) is 0.231. The third kappa shape index (κ3) is 4.04. The number of hydrogen-bond acceptors (Lipinski definition) is 5. The van der Waals surface area contributed by atoms with Gasteiger partial charge in [0.15, 0.2) is 5.78 Å². The van der Waals surface area contributed by atoms with Gasteiger partial charge in [-0.3, -0.25) is 9.59 Å². The van der Waals surface area contributed by atoms with Crippen LogP contribution in [0.4, 0.5) is 5.69 Å². The Bertz CT molecular complexity index is 1350. The summed E-state index contributed by atoms with van der Waals surface area (Å²) < 4.78 is 32.8. The first-order valence-corrected chi connectivity index (χ1v) is 12.6. The molecule has 34 heavy (non-hydrogen) atoms. The summed E-state index contributed by atoms with van der Waals surface area (Å²) >= 11 is 0. The Morgan fingerprint density at radius 3 is 2.21 bits per heavy atom. The van der Waals surface area contributed by atoms with Gasteiger partial charge in [0.05, 0.1) is 23.7 Å². The fourth-order valence-electron chi connectivity index (χ4n) is 4.44. The lowest BCUT2D eigenvalue weighted by atomic mass is 9.97. The molecule has 0 saturated carbocycles. The smallest absolute Gasteiger partial charge is 0.259 e. The minimum absolute atomic E-state index is 0.212. The molecule has 3 aromatic carbocycles. The summed E-state index contributed by atoms with van der Waals surface area (Å²) in [5.74, 6) is -0.488. The topological polar surface area (TPSA) is 84.0 Å². The summed E-state index contributed by atoms with van der Waals surface area (Å²) in [5, 5.41) is 0. The van der Waals surface area contributed by atoms with Crippen molar-refractivity contribution >= 4 is 27.4 Å². The second-order valence-corrected chi connectivity index (χ2v) is 10.2. The van der Waals surface area contributed by atoms with Gasteiger partial charge in [-0.05, 0) is 36.2 Å². The summed E-state index contributed by atoms with van der Waals surface area (Å²) in [6.45, 7) is 1.84. The molecule has 0 spiro atoms. The molecule has 3 aromatic rings. The van der Waals surface area contributed by atoms with Crippen LogP contribution in [0, 0.1) is 0 Å². The van der Waals surface area contributed by atoms with E-state index in [9.17, 15) is 18.0 Å². The Hall–Kier alpha value is -3.33. The van der Waals surface area contributed by atoms with Gasteiger partial charge >= 0.3 is 0 Å². The zero-order valence-corrected chi connectivity index (χ0v) is 19.3. The summed E-state index contributed by atoms with van der Waals surface area (Å²) in [7, 11) is -3.62. The standard InChI is InChI=1S/C26H24N2O5S/c29-25(19-6-2-1-3-7-19)22-8-4-5-9-23(22)26(30)28-13-12-20-18-21(10-11-24(20)28)34(31,32)27-14-16-33-17-15-27/h1-11,18H,12-17H2. The van der Waals surface area contributed by atoms with Gasteiger partial charge in [-0.2, -0.15) is 4.31 Å². The van der Waals surface area contributed by atoms with Crippen LogP contribution in [0.25, 0.3) is 0 Å². The maximum Gasteiger partial charge on any atom is 0.259 e. The molecule has 2 aliphatic rings. The highest BCUT2D eigenvalue weighted by molar-refractivity contribution is 7.89. The molecule has 0 bridgehead atoms. The van der Waals surface area contributed by atoms with Crippen LogP contribution in [-0.4, -0.2) is 57.3 Å². The van der Waals surface area contributed by atoms with Crippen molar-refractivity contribution in [3.63, 3.8) is 0 Å². The minimum Gasteiger partial charge on any atom is -0.379 e. The minimum atomic E-state index is -3.62. The average molecular weight is 477 g/mol. The van der Waals surface area contributed by atoms with E-state index in [4.69, 9.17) is 4.74 Å². The SMILES string of the molecule is O=C(c1ccccc1)c1ccccc1C(=O)N1CCc2cc(S(=O)(=O)N3CCOCC3)ccc21. The molecule has 2 aliphatic heterocycles. The van der Waals surface area contributed by atoms with Crippen molar-refractivity contribution in [2.24, 2.45) is 0 Å². The van der Waals surface area contributed by atoms with Gasteiger partial charge in [0.2, 0.25) is 10.0 Å². The maximum absolute atomic E-state index is 13.5. The van der Waals surface area contributed by atoms with E-state index in [1.807, 2.05) is 6.07 Å². The Kier molecular flexibility index (Phi) is 6.03. The van der Waals surface area contributed by atoms with Crippen molar-refractivity contribution in [3.8, 4) is 0 Å². The van der Waals surface area contributed by atoms with Crippen LogP contribution in [0.15, 0.2) is 77.7 Å². The Balaban J connectivity index is 1.44. The van der Waals surface area contributed by atoms with Crippen molar-refractivity contribution < 1.29 is 22.7 Å². The lowest BCUT2D eigenvalue weighted by molar-refractivity contribution is 0.0730. The van der Waals surface area contributed by atoms with Gasteiger partial charge in [-0.15, -0.1) is 0 Å². The number of morpholine rings is 1. The van der Waals surface area contributed by atoms with E-state index in [1.165, 1.54) is 4.31 Å². The molecule has 1 saturated heterocycles. The van der Waals surface area contributed by atoms with Crippen molar-refractivity contribution in [1.29, 1.82) is 0 Å². The number of carbonyl (C=O) groups excluding carboxylic acids is 2. The van der Waals surface area contributed by atoms with E-state index in [2.05, 4.69) is 0 Å². The van der Waals surface area contributed by atoms with E-state index in [-0.39, 0.29) is 16.6 Å². The molecule has 0 radical (unpaired) electrons. The van der Waals surface area contributed by atoms with Gasteiger partial charge in [0, 0.05) is 36.4 Å². The van der Waals surface area contributed by atoms with Crippen LogP contribution in [0.3, 0.4) is 0 Å². The molecule has 0 N–H and O–H groups in total. The number of carbonyl (C=O) groups is 2. The average Bonchev–Trinajstić information content (AvgIpc) is 3.32. The van der Waals surface area contributed by atoms with Crippen LogP contribution < -0.4 is 4.90 Å². The largest absolute Gasteiger partial charge is 0.379 e. The quantitative estimate of drug-likeness (QED) is 0.529.